The lowest BCUT2D eigenvalue weighted by atomic mass is 9.96. The molecule has 18 heavy (non-hydrogen) atoms. The van der Waals surface area contributed by atoms with Crippen LogP contribution in [0.3, 0.4) is 0 Å². The molecule has 1 aliphatic carbocycles. The van der Waals surface area contributed by atoms with Crippen molar-refractivity contribution >= 4 is 23.5 Å². The fourth-order valence-electron chi connectivity index (χ4n) is 2.38. The number of furan rings is 1. The molecule has 0 aliphatic heterocycles. The average Bonchev–Trinajstić information content (AvgIpc) is 2.94. The predicted octanol–water partition coefficient (Wildman–Crippen LogP) is 2.16. The molecule has 0 spiro atoms. The Bertz CT molecular complexity index is 457. The number of carbonyl (C=O) groups is 2. The van der Waals surface area contributed by atoms with Crippen molar-refractivity contribution in [2.75, 3.05) is 6.54 Å². The standard InChI is InChI=1S/C12H14ClNO4/c13-10-9(4-5-18-10)11(15)14-6-7-2-1-3-8(7)12(16)17/h4-5,7-8H,1-3,6H2,(H,14,15)(H,16,17). The number of hydrogen-bond donors (Lipinski definition) is 2. The maximum Gasteiger partial charge on any atom is 0.306 e. The third kappa shape index (κ3) is 2.67. The summed E-state index contributed by atoms with van der Waals surface area (Å²) < 4.78 is 4.83. The average molecular weight is 272 g/mol. The second kappa shape index (κ2) is 5.44. The molecule has 1 aromatic heterocycles. The smallest absolute Gasteiger partial charge is 0.306 e. The highest BCUT2D eigenvalue weighted by atomic mass is 35.5. The minimum Gasteiger partial charge on any atom is -0.481 e. The zero-order valence-electron chi connectivity index (χ0n) is 9.69. The first-order valence-electron chi connectivity index (χ1n) is 5.83. The SMILES string of the molecule is O=C(NCC1CCCC1C(=O)O)c1ccoc1Cl. The van der Waals surface area contributed by atoms with E-state index >= 15 is 0 Å². The minimum absolute atomic E-state index is 0.00266. The molecular formula is C12H14ClNO4. The van der Waals surface area contributed by atoms with Gasteiger partial charge in [0.15, 0.2) is 0 Å². The van der Waals surface area contributed by atoms with Gasteiger partial charge in [0.25, 0.3) is 5.91 Å². The number of aliphatic carboxylic acids is 1. The molecule has 1 heterocycles. The molecule has 0 bridgehead atoms. The summed E-state index contributed by atoms with van der Waals surface area (Å²) in [6.07, 6.45) is 3.75. The lowest BCUT2D eigenvalue weighted by Crippen LogP contribution is -2.32. The fraction of sp³-hybridized carbons (Fsp3) is 0.500. The summed E-state index contributed by atoms with van der Waals surface area (Å²) in [6, 6.07) is 1.49. The van der Waals surface area contributed by atoms with Crippen molar-refractivity contribution in [2.45, 2.75) is 19.3 Å². The highest BCUT2D eigenvalue weighted by Gasteiger charge is 2.33. The maximum atomic E-state index is 11.8. The van der Waals surface area contributed by atoms with Crippen molar-refractivity contribution in [3.63, 3.8) is 0 Å². The van der Waals surface area contributed by atoms with E-state index in [1.807, 2.05) is 0 Å². The van der Waals surface area contributed by atoms with Crippen molar-refractivity contribution in [2.24, 2.45) is 11.8 Å². The van der Waals surface area contributed by atoms with E-state index in [9.17, 15) is 9.59 Å². The molecule has 1 saturated carbocycles. The highest BCUT2D eigenvalue weighted by molar-refractivity contribution is 6.32. The first-order chi connectivity index (χ1) is 8.59. The van der Waals surface area contributed by atoms with Gasteiger partial charge >= 0.3 is 5.97 Å². The van der Waals surface area contributed by atoms with Gasteiger partial charge in [0, 0.05) is 6.54 Å². The van der Waals surface area contributed by atoms with E-state index in [1.165, 1.54) is 12.3 Å². The minimum atomic E-state index is -0.784. The lowest BCUT2D eigenvalue weighted by Gasteiger charge is -2.15. The highest BCUT2D eigenvalue weighted by Crippen LogP contribution is 2.31. The fourth-order valence-corrected chi connectivity index (χ4v) is 2.58. The van der Waals surface area contributed by atoms with Gasteiger partial charge in [0.05, 0.1) is 17.7 Å². The van der Waals surface area contributed by atoms with Crippen LogP contribution in [0.1, 0.15) is 29.6 Å². The van der Waals surface area contributed by atoms with Crippen LogP contribution in [-0.2, 0) is 4.79 Å². The summed E-state index contributed by atoms with van der Waals surface area (Å²) in [5.74, 6) is -1.47. The Morgan fingerprint density at radius 1 is 1.50 bits per heavy atom. The van der Waals surface area contributed by atoms with Crippen LogP contribution < -0.4 is 5.32 Å². The number of hydrogen-bond acceptors (Lipinski definition) is 3. The molecule has 0 saturated heterocycles. The van der Waals surface area contributed by atoms with Crippen LogP contribution in [0.5, 0.6) is 0 Å². The second-order valence-corrected chi connectivity index (χ2v) is 4.80. The monoisotopic (exact) mass is 271 g/mol. The third-order valence-corrected chi connectivity index (χ3v) is 3.66. The van der Waals surface area contributed by atoms with Gasteiger partial charge < -0.3 is 14.8 Å². The predicted molar refractivity (Wildman–Crippen MR) is 64.5 cm³/mol. The topological polar surface area (TPSA) is 79.5 Å². The molecule has 1 aliphatic rings. The van der Waals surface area contributed by atoms with Gasteiger partial charge in [-0.05, 0) is 36.4 Å². The Labute approximate surface area is 109 Å². The Hall–Kier alpha value is -1.49. The molecule has 98 valence electrons. The van der Waals surface area contributed by atoms with E-state index in [0.29, 0.717) is 13.0 Å². The Balaban J connectivity index is 1.90. The maximum absolute atomic E-state index is 11.8. The Morgan fingerprint density at radius 3 is 2.89 bits per heavy atom. The number of carboxylic acid groups (broad SMARTS) is 1. The normalized spacial score (nSPS) is 22.9. The van der Waals surface area contributed by atoms with Crippen LogP contribution in [0.4, 0.5) is 0 Å². The summed E-state index contributed by atoms with van der Waals surface area (Å²) in [4.78, 5) is 22.7. The van der Waals surface area contributed by atoms with E-state index in [0.717, 1.165) is 12.8 Å². The number of nitrogens with one attached hydrogen (secondary N) is 1. The largest absolute Gasteiger partial charge is 0.481 e. The molecule has 2 atom stereocenters. The molecule has 0 aromatic carbocycles. The van der Waals surface area contributed by atoms with Crippen LogP contribution in [0.2, 0.25) is 5.22 Å². The van der Waals surface area contributed by atoms with Gasteiger partial charge in [0.1, 0.15) is 0 Å². The van der Waals surface area contributed by atoms with Crippen LogP contribution >= 0.6 is 11.6 Å². The quantitative estimate of drug-likeness (QED) is 0.879. The van der Waals surface area contributed by atoms with Crippen LogP contribution in [0.25, 0.3) is 0 Å². The Morgan fingerprint density at radius 2 is 2.28 bits per heavy atom. The molecule has 5 nitrogen and oxygen atoms in total. The zero-order valence-corrected chi connectivity index (χ0v) is 10.4. The van der Waals surface area contributed by atoms with E-state index in [4.69, 9.17) is 21.1 Å². The van der Waals surface area contributed by atoms with Gasteiger partial charge in [-0.3, -0.25) is 9.59 Å². The molecule has 2 rings (SSSR count). The van der Waals surface area contributed by atoms with Crippen molar-refractivity contribution in [1.29, 1.82) is 0 Å². The number of rotatable bonds is 4. The summed E-state index contributed by atoms with van der Waals surface area (Å²) in [7, 11) is 0. The van der Waals surface area contributed by atoms with Crippen LogP contribution in [-0.4, -0.2) is 23.5 Å². The number of halogens is 1. The lowest BCUT2D eigenvalue weighted by molar-refractivity contribution is -0.142. The molecule has 1 aromatic rings. The van der Waals surface area contributed by atoms with Crippen LogP contribution in [0, 0.1) is 11.8 Å². The molecule has 0 radical (unpaired) electrons. The molecule has 1 fully saturated rings. The van der Waals surface area contributed by atoms with Crippen molar-refractivity contribution < 1.29 is 19.1 Å². The molecule has 6 heteroatoms. The molecular weight excluding hydrogens is 258 g/mol. The summed E-state index contributed by atoms with van der Waals surface area (Å²) in [5.41, 5.74) is 0.279. The number of carboxylic acids is 1. The molecule has 2 unspecified atom stereocenters. The van der Waals surface area contributed by atoms with Gasteiger partial charge in [-0.15, -0.1) is 0 Å². The van der Waals surface area contributed by atoms with Gasteiger partial charge in [-0.25, -0.2) is 0 Å². The van der Waals surface area contributed by atoms with E-state index in [-0.39, 0.29) is 28.5 Å². The van der Waals surface area contributed by atoms with Crippen LogP contribution in [0.15, 0.2) is 16.7 Å². The first kappa shape index (κ1) is 13.0. The zero-order chi connectivity index (χ0) is 13.1. The van der Waals surface area contributed by atoms with E-state index in [2.05, 4.69) is 5.32 Å². The summed E-state index contributed by atoms with van der Waals surface area (Å²) >= 11 is 5.69. The third-order valence-electron chi connectivity index (χ3n) is 3.36. The first-order valence-corrected chi connectivity index (χ1v) is 6.21. The van der Waals surface area contributed by atoms with Crippen molar-refractivity contribution in [3.8, 4) is 0 Å². The van der Waals surface area contributed by atoms with Gasteiger partial charge in [-0.2, -0.15) is 0 Å². The van der Waals surface area contributed by atoms with E-state index in [1.54, 1.807) is 0 Å². The number of carbonyl (C=O) groups excluding carboxylic acids is 1. The molecule has 2 N–H and O–H groups in total. The number of amides is 1. The summed E-state index contributed by atoms with van der Waals surface area (Å²) in [6.45, 7) is 0.358. The van der Waals surface area contributed by atoms with Crippen molar-refractivity contribution in [3.05, 3.63) is 23.1 Å². The van der Waals surface area contributed by atoms with E-state index < -0.39 is 5.97 Å². The summed E-state index contributed by atoms with van der Waals surface area (Å²) in [5, 5.41) is 11.8. The van der Waals surface area contributed by atoms with Crippen molar-refractivity contribution in [1.82, 2.24) is 5.32 Å². The van der Waals surface area contributed by atoms with Gasteiger partial charge in [-0.1, -0.05) is 6.42 Å². The van der Waals surface area contributed by atoms with Gasteiger partial charge in [0.2, 0.25) is 5.22 Å². The molecule has 1 amide bonds. The second-order valence-electron chi connectivity index (χ2n) is 4.45. The Kier molecular flexibility index (Phi) is 3.91.